The van der Waals surface area contributed by atoms with Crippen LogP contribution in [-0.4, -0.2) is 89.2 Å². The Kier molecular flexibility index (Phi) is 25.1. The van der Waals surface area contributed by atoms with E-state index < -0.39 is 40.4 Å². The Balaban J connectivity index is 1.49. The highest BCUT2D eigenvalue weighted by atomic mass is 28.3. The lowest BCUT2D eigenvalue weighted by Gasteiger charge is -2.36. The maximum Gasteiger partial charge on any atom is 0.160 e. The molecule has 13 heteroatoms. The topological polar surface area (TPSA) is 118 Å². The number of aryl methyl sites for hydroxylation is 4. The van der Waals surface area contributed by atoms with Crippen LogP contribution in [0.3, 0.4) is 0 Å². The number of benzene rings is 4. The van der Waals surface area contributed by atoms with Crippen molar-refractivity contribution >= 4 is 40.4 Å². The van der Waals surface area contributed by atoms with Crippen molar-refractivity contribution in [2.45, 2.75) is 202 Å². The van der Waals surface area contributed by atoms with Crippen molar-refractivity contribution in [2.75, 3.05) is 28.4 Å². The average molecular weight is 1090 g/mol. The zero-order valence-electron chi connectivity index (χ0n) is 47.8. The third-order valence-electron chi connectivity index (χ3n) is 16.5. The zero-order valence-corrected chi connectivity index (χ0v) is 52.8. The molecule has 0 saturated heterocycles. The van der Waals surface area contributed by atoms with E-state index in [0.29, 0.717) is 23.0 Å². The van der Waals surface area contributed by atoms with Gasteiger partial charge in [-0.2, -0.15) is 0 Å². The molecule has 0 aliphatic rings. The van der Waals surface area contributed by atoms with Crippen molar-refractivity contribution in [3.63, 3.8) is 0 Å². The van der Waals surface area contributed by atoms with E-state index >= 15 is 0 Å². The van der Waals surface area contributed by atoms with Gasteiger partial charge in [-0.25, -0.2) is 0 Å². The van der Waals surface area contributed by atoms with Crippen LogP contribution >= 0.6 is 0 Å². The number of hydrogen-bond acceptors (Lipinski definition) is 8. The number of methoxy groups -OCH3 is 4. The second-order valence-corrected chi connectivity index (χ2v) is 51.3. The lowest BCUT2D eigenvalue weighted by molar-refractivity contribution is 0.373. The van der Waals surface area contributed by atoms with Crippen LogP contribution in [0.4, 0.5) is 0 Å². The van der Waals surface area contributed by atoms with Crippen molar-refractivity contribution in [1.29, 1.82) is 0 Å². The highest BCUT2D eigenvalue weighted by Crippen LogP contribution is 2.40. The first-order chi connectivity index (χ1) is 34.5. The van der Waals surface area contributed by atoms with Crippen LogP contribution in [0.25, 0.3) is 0 Å². The summed E-state index contributed by atoms with van der Waals surface area (Å²) in [7, 11) is -0.870. The number of hydrogen-bond donors (Lipinski definition) is 4. The third-order valence-corrected chi connectivity index (χ3v) is 35.8. The van der Waals surface area contributed by atoms with E-state index in [-0.39, 0.29) is 23.0 Å². The Morgan fingerprint density at radius 1 is 0.288 bits per heavy atom. The summed E-state index contributed by atoms with van der Waals surface area (Å²) in [4.78, 5) is 0. The maximum absolute atomic E-state index is 10.2. The Bertz CT molecular complexity index is 1950. The number of rotatable bonds is 36. The van der Waals surface area contributed by atoms with Crippen molar-refractivity contribution in [2.24, 2.45) is 0 Å². The van der Waals surface area contributed by atoms with Crippen molar-refractivity contribution in [3.8, 4) is 46.0 Å². The first-order valence-electron chi connectivity index (χ1n) is 28.0. The van der Waals surface area contributed by atoms with Crippen molar-refractivity contribution in [3.05, 3.63) is 95.1 Å². The van der Waals surface area contributed by atoms with Gasteiger partial charge in [-0.1, -0.05) is 201 Å². The fourth-order valence-electron chi connectivity index (χ4n) is 11.6. The van der Waals surface area contributed by atoms with Gasteiger partial charge in [0.1, 0.15) is 0 Å². The van der Waals surface area contributed by atoms with Gasteiger partial charge in [0.15, 0.2) is 46.0 Å². The summed E-state index contributed by atoms with van der Waals surface area (Å²) >= 11 is 0. The van der Waals surface area contributed by atoms with Crippen LogP contribution in [0, 0.1) is 0 Å². The number of phenols is 4. The van der Waals surface area contributed by atoms with E-state index in [0.717, 1.165) is 25.7 Å². The molecule has 73 heavy (non-hydrogen) atoms. The van der Waals surface area contributed by atoms with E-state index in [2.05, 4.69) is 76.6 Å². The van der Waals surface area contributed by atoms with Crippen molar-refractivity contribution in [1.82, 2.24) is 0 Å². The standard InChI is InChI=1S/C60H100O8Si5/c1-65-57-45-49(25-29-53(57)61)21-13-33-69(5,6)37-17-41-73(42-18-38-70(7,8)34-14-22-50-26-30-54(62)58(46-50)66-2,43-19-39-71(9,10)35-15-23-51-27-31-55(63)59(47-51)67-3)44-20-40-72(11,12)36-16-24-52-28-32-56(64)60(48-52)68-4/h25-32,45-48,61-64H,13-24,33-44H2,1-12H3. The van der Waals surface area contributed by atoms with Crippen LogP contribution in [0.15, 0.2) is 72.8 Å². The lowest BCUT2D eigenvalue weighted by Crippen LogP contribution is -2.37. The second kappa shape index (κ2) is 29.6. The van der Waals surface area contributed by atoms with Crippen LogP contribution in [-0.2, 0) is 25.7 Å². The molecule has 0 atom stereocenters. The predicted molar refractivity (Wildman–Crippen MR) is 324 cm³/mol. The highest BCUT2D eigenvalue weighted by molar-refractivity contribution is 6.82. The molecule has 0 amide bonds. The molecule has 408 valence electrons. The molecule has 0 aliphatic carbocycles. The first-order valence-corrected chi connectivity index (χ1v) is 44.4. The lowest BCUT2D eigenvalue weighted by atomic mass is 10.1. The average Bonchev–Trinajstić information content (AvgIpc) is 3.33. The first kappa shape index (κ1) is 61.9. The Morgan fingerprint density at radius 2 is 0.479 bits per heavy atom. The smallest absolute Gasteiger partial charge is 0.160 e. The minimum Gasteiger partial charge on any atom is -0.504 e. The van der Waals surface area contributed by atoms with Gasteiger partial charge in [0.25, 0.3) is 0 Å². The van der Waals surface area contributed by atoms with Gasteiger partial charge in [0.05, 0.1) is 36.5 Å². The summed E-state index contributed by atoms with van der Waals surface area (Å²) in [5.41, 5.74) is 4.99. The normalized spacial score (nSPS) is 12.5. The Labute approximate surface area is 448 Å². The molecule has 0 fully saturated rings. The summed E-state index contributed by atoms with van der Waals surface area (Å²) in [6, 6.07) is 40.3. The molecule has 0 aliphatic heterocycles. The largest absolute Gasteiger partial charge is 0.504 e. The molecule has 8 nitrogen and oxygen atoms in total. The monoisotopic (exact) mass is 1090 g/mol. The van der Waals surface area contributed by atoms with E-state index in [9.17, 15) is 20.4 Å². The summed E-state index contributed by atoms with van der Waals surface area (Å²) in [6.45, 7) is 21.1. The summed E-state index contributed by atoms with van der Waals surface area (Å²) in [6.07, 6.45) is 14.4. The molecular formula is C60H100O8Si5. The zero-order chi connectivity index (χ0) is 53.7. The minimum atomic E-state index is -1.66. The molecule has 0 spiro atoms. The summed E-state index contributed by atoms with van der Waals surface area (Å²) in [5.74, 6) is 3.12. The van der Waals surface area contributed by atoms with Gasteiger partial charge in [-0.05, 0) is 96.5 Å². The predicted octanol–water partition coefficient (Wildman–Crippen LogP) is 17.2. The quantitative estimate of drug-likeness (QED) is 0.0333. The maximum atomic E-state index is 10.2. The molecule has 4 N–H and O–H groups in total. The third kappa shape index (κ3) is 22.2. The summed E-state index contributed by atoms with van der Waals surface area (Å²) in [5, 5.41) is 40.7. The number of ether oxygens (including phenoxy) is 4. The van der Waals surface area contributed by atoms with Crippen LogP contribution in [0.2, 0.25) is 125 Å². The molecule has 0 radical (unpaired) electrons. The molecule has 0 bridgehead atoms. The van der Waals surface area contributed by atoms with Crippen LogP contribution in [0.5, 0.6) is 46.0 Å². The molecule has 4 aromatic rings. The number of aromatic hydroxyl groups is 4. The minimum absolute atomic E-state index is 0.210. The van der Waals surface area contributed by atoms with Gasteiger partial charge >= 0.3 is 0 Å². The molecule has 0 saturated carbocycles. The fourth-order valence-corrected chi connectivity index (χ4v) is 28.3. The van der Waals surface area contributed by atoms with Gasteiger partial charge in [0.2, 0.25) is 0 Å². The van der Waals surface area contributed by atoms with Gasteiger partial charge in [-0.3, -0.25) is 0 Å². The van der Waals surface area contributed by atoms with Gasteiger partial charge in [-0.15, -0.1) is 0 Å². The van der Waals surface area contributed by atoms with E-state index in [1.807, 2.05) is 24.3 Å². The Morgan fingerprint density at radius 3 is 0.671 bits per heavy atom. The van der Waals surface area contributed by atoms with Gasteiger partial charge < -0.3 is 39.4 Å². The van der Waals surface area contributed by atoms with Gasteiger partial charge in [0, 0.05) is 32.3 Å². The van der Waals surface area contributed by atoms with Crippen molar-refractivity contribution < 1.29 is 39.4 Å². The molecule has 4 rings (SSSR count). The summed E-state index contributed by atoms with van der Waals surface area (Å²) < 4.78 is 21.7. The SMILES string of the molecule is COc1cc(CCC[Si](C)(C)CCC[Si](CCC[Si](C)(C)CCCc2ccc(O)c(OC)c2)(CCC[Si](C)(C)CCCc2ccc(O)c(OC)c2)CCC[Si](C)(C)CCCc2ccc(O)c(OC)c2)ccc1O. The fraction of sp³-hybridized carbons (Fsp3) is 0.600. The van der Waals surface area contributed by atoms with E-state index in [1.165, 1.54) is 146 Å². The Hall–Kier alpha value is -3.64. The molecule has 0 unspecified atom stereocenters. The molecule has 0 heterocycles. The van der Waals surface area contributed by atoms with Crippen LogP contribution < -0.4 is 18.9 Å². The molecule has 4 aromatic carbocycles. The van der Waals surface area contributed by atoms with Crippen LogP contribution in [0.1, 0.15) is 73.6 Å². The molecule has 0 aromatic heterocycles. The second-order valence-electron chi connectivity index (χ2n) is 25.0. The van der Waals surface area contributed by atoms with E-state index in [4.69, 9.17) is 18.9 Å². The van der Waals surface area contributed by atoms with E-state index in [1.54, 1.807) is 52.7 Å². The number of phenolic OH excluding ortho intramolecular Hbond substituents is 4. The highest BCUT2D eigenvalue weighted by Gasteiger charge is 2.35. The molecular weight excluding hydrogens is 989 g/mol.